The molecule has 0 amide bonds. The Morgan fingerprint density at radius 1 is 1.12 bits per heavy atom. The summed E-state index contributed by atoms with van der Waals surface area (Å²) in [5.74, 6) is -4.39. The van der Waals surface area contributed by atoms with Crippen LogP contribution in [-0.4, -0.2) is 43.5 Å². The molecule has 9 heteroatoms. The molecule has 5 rings (SSSR count). The van der Waals surface area contributed by atoms with Crippen molar-refractivity contribution in [2.24, 2.45) is 11.8 Å². The number of carbonyl (C=O) groups is 2. The second-order valence-electron chi connectivity index (χ2n) is 10.9. The van der Waals surface area contributed by atoms with Crippen LogP contribution in [0.3, 0.4) is 0 Å². The fourth-order valence-electron chi connectivity index (χ4n) is 6.14. The molecular weight excluding hydrogens is 537 g/mol. The third kappa shape index (κ3) is 6.36. The van der Waals surface area contributed by atoms with Gasteiger partial charge in [0.2, 0.25) is 0 Å². The van der Waals surface area contributed by atoms with E-state index in [0.29, 0.717) is 31.4 Å². The van der Waals surface area contributed by atoms with Crippen LogP contribution in [-0.2, 0) is 25.4 Å². The van der Waals surface area contributed by atoms with Gasteiger partial charge in [-0.15, -0.1) is 0 Å². The minimum absolute atomic E-state index is 0.0526. The molecule has 41 heavy (non-hydrogen) atoms. The molecule has 6 atom stereocenters. The predicted octanol–water partition coefficient (Wildman–Crippen LogP) is 6.45. The molecular formula is C32H35F3O6. The minimum atomic E-state index is -0.810. The maximum absolute atomic E-state index is 15.5. The Bertz CT molecular complexity index is 1300. The molecule has 2 aliphatic heterocycles. The van der Waals surface area contributed by atoms with Gasteiger partial charge in [0, 0.05) is 36.8 Å². The number of esters is 1. The van der Waals surface area contributed by atoms with E-state index in [1.165, 1.54) is 18.2 Å². The highest BCUT2D eigenvalue weighted by Crippen LogP contribution is 2.45. The average Bonchev–Trinajstić information content (AvgIpc) is 3.15. The summed E-state index contributed by atoms with van der Waals surface area (Å²) in [4.78, 5) is 25.4. The van der Waals surface area contributed by atoms with Crippen LogP contribution in [0.4, 0.5) is 13.2 Å². The van der Waals surface area contributed by atoms with E-state index in [1.54, 1.807) is 26.0 Å². The van der Waals surface area contributed by atoms with Crippen molar-refractivity contribution in [3.63, 3.8) is 0 Å². The highest BCUT2D eigenvalue weighted by atomic mass is 19.1. The Morgan fingerprint density at radius 3 is 2.68 bits per heavy atom. The van der Waals surface area contributed by atoms with Gasteiger partial charge in [0.1, 0.15) is 17.7 Å². The summed E-state index contributed by atoms with van der Waals surface area (Å²) in [6.07, 6.45) is 6.38. The predicted molar refractivity (Wildman–Crippen MR) is 144 cm³/mol. The number of ether oxygens (including phenoxy) is 4. The van der Waals surface area contributed by atoms with Crippen LogP contribution in [0.2, 0.25) is 0 Å². The fraction of sp³-hybridized carbons (Fsp3) is 0.500. The van der Waals surface area contributed by atoms with E-state index in [1.807, 2.05) is 0 Å². The first-order valence-electron chi connectivity index (χ1n) is 14.4. The monoisotopic (exact) mass is 572 g/mol. The first-order valence-corrected chi connectivity index (χ1v) is 14.4. The topological polar surface area (TPSA) is 71.1 Å². The van der Waals surface area contributed by atoms with Crippen LogP contribution in [0.25, 0.3) is 0 Å². The smallest absolute Gasteiger partial charge is 0.341 e. The molecule has 0 N–H and O–H groups in total. The Labute approximate surface area is 237 Å². The first-order chi connectivity index (χ1) is 19.8. The van der Waals surface area contributed by atoms with Crippen LogP contribution >= 0.6 is 0 Å². The van der Waals surface area contributed by atoms with Gasteiger partial charge >= 0.3 is 5.97 Å². The van der Waals surface area contributed by atoms with E-state index in [4.69, 9.17) is 18.9 Å². The quantitative estimate of drug-likeness (QED) is 0.268. The molecule has 0 aromatic heterocycles. The van der Waals surface area contributed by atoms with Gasteiger partial charge in [0.25, 0.3) is 0 Å². The number of halogens is 3. The molecule has 2 heterocycles. The van der Waals surface area contributed by atoms with Crippen molar-refractivity contribution in [3.05, 3.63) is 76.6 Å². The zero-order valence-electron chi connectivity index (χ0n) is 23.2. The summed E-state index contributed by atoms with van der Waals surface area (Å²) in [5, 5.41) is 0. The fourth-order valence-corrected chi connectivity index (χ4v) is 6.14. The standard InChI is InChI=1S/C32H35F3O6/c1-3-38-32(37)24-11-8-19-7-10-22-23(13-14-26(36)18(2)21-12-9-20(33)16-25(21)34)27(40-29-6-4-5-15-39-29)17-28(22)41-31(19)30(24)35/h8-9,11-14,16,18,22-23,27-29H,3-7,10,15,17H2,1-2H3/b14-13+/t18-,22+,23+,27+,28-,29?/m0/s1. The van der Waals surface area contributed by atoms with Gasteiger partial charge < -0.3 is 18.9 Å². The third-order valence-corrected chi connectivity index (χ3v) is 8.36. The minimum Gasteiger partial charge on any atom is -0.487 e. The molecule has 1 saturated carbocycles. The molecule has 1 saturated heterocycles. The Balaban J connectivity index is 1.39. The second kappa shape index (κ2) is 12.8. The molecule has 6 nitrogen and oxygen atoms in total. The number of carbonyl (C=O) groups excluding carboxylic acids is 2. The molecule has 2 fully saturated rings. The maximum atomic E-state index is 15.5. The average molecular weight is 573 g/mol. The number of ketones is 1. The number of fused-ring (bicyclic) bond motifs is 2. The highest BCUT2D eigenvalue weighted by Gasteiger charge is 2.47. The lowest BCUT2D eigenvalue weighted by atomic mass is 9.87. The van der Waals surface area contributed by atoms with Crippen LogP contribution in [0.1, 0.15) is 73.4 Å². The number of rotatable bonds is 8. The van der Waals surface area contributed by atoms with Gasteiger partial charge in [-0.25, -0.2) is 18.0 Å². The van der Waals surface area contributed by atoms with Crippen LogP contribution in [0.5, 0.6) is 5.75 Å². The van der Waals surface area contributed by atoms with E-state index < -0.39 is 35.4 Å². The number of benzene rings is 2. The van der Waals surface area contributed by atoms with Gasteiger partial charge in [-0.05, 0) is 68.4 Å². The highest BCUT2D eigenvalue weighted by molar-refractivity contribution is 5.95. The SMILES string of the molecule is CCOC(=O)c1ccc2c(c1F)O[C@H]1C[C@@H](OC3CCCCO3)[C@H](/C=C/C(=O)[C@@H](C)c3ccc(F)cc3F)[C@H]1CC2. The molecule has 0 radical (unpaired) electrons. The van der Waals surface area contributed by atoms with Crippen molar-refractivity contribution in [2.75, 3.05) is 13.2 Å². The summed E-state index contributed by atoms with van der Waals surface area (Å²) >= 11 is 0. The summed E-state index contributed by atoms with van der Waals surface area (Å²) < 4.78 is 66.7. The van der Waals surface area contributed by atoms with Crippen molar-refractivity contribution < 1.29 is 41.7 Å². The number of aryl methyl sites for hydroxylation is 1. The van der Waals surface area contributed by atoms with E-state index in [2.05, 4.69) is 0 Å². The van der Waals surface area contributed by atoms with Gasteiger partial charge in [-0.2, -0.15) is 0 Å². The first kappa shape index (κ1) is 29.3. The van der Waals surface area contributed by atoms with E-state index >= 15 is 4.39 Å². The van der Waals surface area contributed by atoms with Crippen molar-refractivity contribution in [2.45, 2.75) is 76.8 Å². The lowest BCUT2D eigenvalue weighted by Crippen LogP contribution is -2.31. The van der Waals surface area contributed by atoms with Gasteiger partial charge in [-0.3, -0.25) is 4.79 Å². The lowest BCUT2D eigenvalue weighted by molar-refractivity contribution is -0.193. The van der Waals surface area contributed by atoms with Crippen LogP contribution < -0.4 is 4.74 Å². The third-order valence-electron chi connectivity index (χ3n) is 8.36. The summed E-state index contributed by atoms with van der Waals surface area (Å²) in [6.45, 7) is 3.97. The van der Waals surface area contributed by atoms with E-state index in [-0.39, 0.29) is 53.5 Å². The lowest BCUT2D eigenvalue weighted by Gasteiger charge is -2.29. The van der Waals surface area contributed by atoms with Crippen LogP contribution in [0, 0.1) is 29.3 Å². The largest absolute Gasteiger partial charge is 0.487 e. The summed E-state index contributed by atoms with van der Waals surface area (Å²) in [6, 6.07) is 6.31. The normalized spacial score (nSPS) is 26.5. The molecule has 3 aliphatic rings. The Kier molecular flexibility index (Phi) is 9.14. The van der Waals surface area contributed by atoms with Crippen molar-refractivity contribution >= 4 is 11.8 Å². The summed E-state index contributed by atoms with van der Waals surface area (Å²) in [5.41, 5.74) is 0.613. The second-order valence-corrected chi connectivity index (χ2v) is 10.9. The molecule has 0 bridgehead atoms. The van der Waals surface area contributed by atoms with Gasteiger partial charge in [0.05, 0.1) is 18.3 Å². The molecule has 2 aromatic rings. The maximum Gasteiger partial charge on any atom is 0.341 e. The van der Waals surface area contributed by atoms with Gasteiger partial charge in [0.15, 0.2) is 23.6 Å². The molecule has 0 spiro atoms. The van der Waals surface area contributed by atoms with Crippen molar-refractivity contribution in [3.8, 4) is 5.75 Å². The zero-order chi connectivity index (χ0) is 29.1. The number of hydrogen-bond donors (Lipinski definition) is 0. The van der Waals surface area contributed by atoms with Crippen LogP contribution in [0.15, 0.2) is 42.5 Å². The summed E-state index contributed by atoms with van der Waals surface area (Å²) in [7, 11) is 0. The number of hydrogen-bond acceptors (Lipinski definition) is 6. The molecule has 1 unspecified atom stereocenters. The number of allylic oxidation sites excluding steroid dienone is 1. The van der Waals surface area contributed by atoms with E-state index in [0.717, 1.165) is 31.4 Å². The van der Waals surface area contributed by atoms with E-state index in [9.17, 15) is 18.4 Å². The van der Waals surface area contributed by atoms with Crippen molar-refractivity contribution in [1.82, 2.24) is 0 Å². The molecule has 1 aliphatic carbocycles. The molecule has 2 aromatic carbocycles. The zero-order valence-corrected chi connectivity index (χ0v) is 23.2. The van der Waals surface area contributed by atoms with Crippen molar-refractivity contribution in [1.29, 1.82) is 0 Å². The van der Waals surface area contributed by atoms with Gasteiger partial charge in [-0.1, -0.05) is 25.1 Å². The Hall–Kier alpha value is -3.17. The molecule has 220 valence electrons. The Morgan fingerprint density at radius 2 is 1.95 bits per heavy atom.